The zero-order chi connectivity index (χ0) is 16.8. The molecule has 0 unspecified atom stereocenters. The smallest absolute Gasteiger partial charge is 0.315 e. The monoisotopic (exact) mass is 326 g/mol. The highest BCUT2D eigenvalue weighted by Gasteiger charge is 2.26. The molecule has 2 rings (SSSR count). The highest BCUT2D eigenvalue weighted by atomic mass is 19.2. The van der Waals surface area contributed by atoms with Gasteiger partial charge in [0.05, 0.1) is 5.92 Å². The van der Waals surface area contributed by atoms with Crippen LogP contribution in [0.25, 0.3) is 0 Å². The first kappa shape index (κ1) is 17.2. The third-order valence-electron chi connectivity index (χ3n) is 4.12. The van der Waals surface area contributed by atoms with E-state index in [2.05, 4.69) is 10.6 Å². The molecule has 1 fully saturated rings. The highest BCUT2D eigenvalue weighted by Crippen LogP contribution is 2.24. The van der Waals surface area contributed by atoms with Crippen LogP contribution in [0.5, 0.6) is 0 Å². The van der Waals surface area contributed by atoms with Crippen molar-refractivity contribution < 1.29 is 23.5 Å². The van der Waals surface area contributed by atoms with Crippen LogP contribution >= 0.6 is 0 Å². The summed E-state index contributed by atoms with van der Waals surface area (Å²) >= 11 is 0. The average molecular weight is 326 g/mol. The first-order valence-corrected chi connectivity index (χ1v) is 7.67. The lowest BCUT2D eigenvalue weighted by Gasteiger charge is -2.26. The summed E-state index contributed by atoms with van der Waals surface area (Å²) in [6, 6.07) is 3.53. The third kappa shape index (κ3) is 4.91. The Kier molecular flexibility index (Phi) is 5.90. The fourth-order valence-electron chi connectivity index (χ4n) is 2.77. The predicted molar refractivity (Wildman–Crippen MR) is 80.0 cm³/mol. The van der Waals surface area contributed by atoms with Crippen LogP contribution in [0, 0.1) is 17.6 Å². The summed E-state index contributed by atoms with van der Waals surface area (Å²) in [5, 5.41) is 14.3. The zero-order valence-electron chi connectivity index (χ0n) is 12.6. The molecular formula is C16H20F2N2O3. The highest BCUT2D eigenvalue weighted by molar-refractivity contribution is 5.74. The molecule has 126 valence electrons. The lowest BCUT2D eigenvalue weighted by atomic mass is 9.86. The van der Waals surface area contributed by atoms with Gasteiger partial charge >= 0.3 is 12.0 Å². The largest absolute Gasteiger partial charge is 0.481 e. The molecule has 0 aliphatic heterocycles. The fourth-order valence-corrected chi connectivity index (χ4v) is 2.77. The number of benzene rings is 1. The Bertz CT molecular complexity index is 572. The topological polar surface area (TPSA) is 78.4 Å². The summed E-state index contributed by atoms with van der Waals surface area (Å²) in [6.45, 7) is 0.191. The summed E-state index contributed by atoms with van der Waals surface area (Å²) < 4.78 is 26.5. The summed E-state index contributed by atoms with van der Waals surface area (Å²) in [4.78, 5) is 22.6. The number of amides is 2. The molecule has 0 atom stereocenters. The number of carbonyl (C=O) groups is 2. The van der Waals surface area contributed by atoms with E-state index in [1.165, 1.54) is 12.1 Å². The number of carboxylic acids is 1. The quantitative estimate of drug-likeness (QED) is 0.778. The molecule has 0 heterocycles. The van der Waals surface area contributed by atoms with E-state index in [1.807, 2.05) is 0 Å². The SMILES string of the molecule is O=C(NCCc1cccc(F)c1F)NC1CCC(C(=O)O)CC1. The van der Waals surface area contributed by atoms with Crippen LogP contribution in [-0.2, 0) is 11.2 Å². The summed E-state index contributed by atoms with van der Waals surface area (Å²) in [5.74, 6) is -2.90. The zero-order valence-corrected chi connectivity index (χ0v) is 12.6. The van der Waals surface area contributed by atoms with E-state index in [1.54, 1.807) is 0 Å². The molecule has 2 amide bonds. The van der Waals surface area contributed by atoms with E-state index in [0.29, 0.717) is 25.7 Å². The lowest BCUT2D eigenvalue weighted by molar-refractivity contribution is -0.142. The van der Waals surface area contributed by atoms with E-state index in [4.69, 9.17) is 5.11 Å². The van der Waals surface area contributed by atoms with Gasteiger partial charge in [-0.2, -0.15) is 0 Å². The minimum Gasteiger partial charge on any atom is -0.481 e. The van der Waals surface area contributed by atoms with Crippen molar-refractivity contribution in [3.8, 4) is 0 Å². The van der Waals surface area contributed by atoms with Gasteiger partial charge in [-0.3, -0.25) is 4.79 Å². The van der Waals surface area contributed by atoms with Gasteiger partial charge in [-0.15, -0.1) is 0 Å². The van der Waals surface area contributed by atoms with Crippen LogP contribution in [0.3, 0.4) is 0 Å². The van der Waals surface area contributed by atoms with Gasteiger partial charge in [0.15, 0.2) is 11.6 Å². The molecule has 0 aromatic heterocycles. The van der Waals surface area contributed by atoms with Crippen molar-refractivity contribution in [1.82, 2.24) is 10.6 Å². The van der Waals surface area contributed by atoms with Crippen molar-refractivity contribution >= 4 is 12.0 Å². The van der Waals surface area contributed by atoms with Gasteiger partial charge in [0.25, 0.3) is 0 Å². The second kappa shape index (κ2) is 7.89. The normalized spacial score (nSPS) is 20.8. The molecule has 0 bridgehead atoms. The molecule has 5 nitrogen and oxygen atoms in total. The van der Waals surface area contributed by atoms with Gasteiger partial charge in [0.2, 0.25) is 0 Å². The third-order valence-corrected chi connectivity index (χ3v) is 4.12. The minimum atomic E-state index is -0.901. The van der Waals surface area contributed by atoms with Crippen molar-refractivity contribution in [2.24, 2.45) is 5.92 Å². The van der Waals surface area contributed by atoms with Crippen molar-refractivity contribution in [2.45, 2.75) is 38.1 Å². The van der Waals surface area contributed by atoms with Crippen LogP contribution in [0.15, 0.2) is 18.2 Å². The number of nitrogens with one attached hydrogen (secondary N) is 2. The van der Waals surface area contributed by atoms with E-state index in [-0.39, 0.29) is 36.5 Å². The van der Waals surface area contributed by atoms with Crippen LogP contribution in [0.1, 0.15) is 31.2 Å². The van der Waals surface area contributed by atoms with Gasteiger partial charge in [-0.25, -0.2) is 13.6 Å². The summed E-state index contributed by atoms with van der Waals surface area (Å²) in [5.41, 5.74) is 0.215. The van der Waals surface area contributed by atoms with Gasteiger partial charge in [0.1, 0.15) is 0 Å². The Balaban J connectivity index is 1.70. The standard InChI is InChI=1S/C16H20F2N2O3/c17-13-3-1-2-10(14(13)18)8-9-19-16(23)20-12-6-4-11(5-7-12)15(21)22/h1-3,11-12H,4-9H2,(H,21,22)(H2,19,20,23). The Hall–Kier alpha value is -2.18. The van der Waals surface area contributed by atoms with E-state index in [0.717, 1.165) is 6.07 Å². The number of hydrogen-bond acceptors (Lipinski definition) is 2. The molecule has 1 aromatic rings. The van der Waals surface area contributed by atoms with Crippen LogP contribution in [0.2, 0.25) is 0 Å². The Morgan fingerprint density at radius 2 is 1.87 bits per heavy atom. The van der Waals surface area contributed by atoms with Crippen LogP contribution < -0.4 is 10.6 Å². The Labute approximate surface area is 133 Å². The molecular weight excluding hydrogens is 306 g/mol. The van der Waals surface area contributed by atoms with Crippen molar-refractivity contribution in [3.05, 3.63) is 35.4 Å². The van der Waals surface area contributed by atoms with Crippen molar-refractivity contribution in [1.29, 1.82) is 0 Å². The average Bonchev–Trinajstić information content (AvgIpc) is 2.52. The minimum absolute atomic E-state index is 0.0449. The maximum atomic E-state index is 13.4. The first-order valence-electron chi connectivity index (χ1n) is 7.67. The van der Waals surface area contributed by atoms with Crippen LogP contribution in [0.4, 0.5) is 13.6 Å². The number of rotatable bonds is 5. The van der Waals surface area contributed by atoms with E-state index in [9.17, 15) is 18.4 Å². The van der Waals surface area contributed by atoms with Gasteiger partial charge < -0.3 is 15.7 Å². The molecule has 1 aliphatic carbocycles. The predicted octanol–water partition coefficient (Wildman–Crippen LogP) is 2.45. The maximum Gasteiger partial charge on any atom is 0.315 e. The number of aliphatic carboxylic acids is 1. The number of halogens is 2. The lowest BCUT2D eigenvalue weighted by Crippen LogP contribution is -2.44. The van der Waals surface area contributed by atoms with Crippen molar-refractivity contribution in [2.75, 3.05) is 6.54 Å². The molecule has 1 aliphatic rings. The molecule has 0 radical (unpaired) electrons. The maximum absolute atomic E-state index is 13.4. The van der Waals surface area contributed by atoms with E-state index < -0.39 is 17.6 Å². The van der Waals surface area contributed by atoms with Gasteiger partial charge in [0, 0.05) is 12.6 Å². The first-order chi connectivity index (χ1) is 11.0. The van der Waals surface area contributed by atoms with E-state index >= 15 is 0 Å². The van der Waals surface area contributed by atoms with Gasteiger partial charge in [-0.1, -0.05) is 12.1 Å². The summed E-state index contributed by atoms with van der Waals surface area (Å²) in [7, 11) is 0. The Morgan fingerprint density at radius 3 is 2.52 bits per heavy atom. The Morgan fingerprint density at radius 1 is 1.17 bits per heavy atom. The number of carboxylic acid groups (broad SMARTS) is 1. The van der Waals surface area contributed by atoms with Gasteiger partial charge in [-0.05, 0) is 43.7 Å². The molecule has 1 saturated carbocycles. The molecule has 3 N–H and O–H groups in total. The number of urea groups is 1. The summed E-state index contributed by atoms with van der Waals surface area (Å²) in [6.07, 6.45) is 2.55. The van der Waals surface area contributed by atoms with Crippen molar-refractivity contribution in [3.63, 3.8) is 0 Å². The fraction of sp³-hybridized carbons (Fsp3) is 0.500. The molecule has 0 saturated heterocycles. The second-order valence-electron chi connectivity index (χ2n) is 5.75. The second-order valence-corrected chi connectivity index (χ2v) is 5.75. The van der Waals surface area contributed by atoms with Crippen LogP contribution in [-0.4, -0.2) is 29.7 Å². The molecule has 7 heteroatoms. The molecule has 1 aromatic carbocycles. The molecule has 0 spiro atoms. The number of hydrogen-bond donors (Lipinski definition) is 3. The number of carbonyl (C=O) groups excluding carboxylic acids is 1. The molecule has 23 heavy (non-hydrogen) atoms.